The molecule has 1 aliphatic rings. The zero-order valence-electron chi connectivity index (χ0n) is 11.1. The molecule has 2 rings (SSSR count). The molecule has 0 aliphatic carbocycles. The van der Waals surface area contributed by atoms with Crippen molar-refractivity contribution in [2.24, 2.45) is 11.8 Å². The third-order valence-electron chi connectivity index (χ3n) is 3.54. The Bertz CT molecular complexity index is 575. The third kappa shape index (κ3) is 2.49. The Kier molecular flexibility index (Phi) is 4.22. The maximum Gasteiger partial charge on any atom is 0.299 e. The standard InChI is InChI=1S/C14H14BrF2NO2/c1-7(2)8(5-15)6-18-12-10(13(19)14(18)20)3-9(16)4-11(12)17/h3-4,7-8H,5-6H2,1-2H3. The van der Waals surface area contributed by atoms with Crippen molar-refractivity contribution in [1.82, 2.24) is 0 Å². The molecular formula is C14H14BrF2NO2. The quantitative estimate of drug-likeness (QED) is 0.620. The van der Waals surface area contributed by atoms with Crippen molar-refractivity contribution in [3.05, 3.63) is 29.3 Å². The lowest BCUT2D eigenvalue weighted by molar-refractivity contribution is -0.114. The van der Waals surface area contributed by atoms with Crippen LogP contribution in [0, 0.1) is 23.5 Å². The zero-order chi connectivity index (χ0) is 15.0. The van der Waals surface area contributed by atoms with E-state index in [1.807, 2.05) is 13.8 Å². The van der Waals surface area contributed by atoms with Crippen LogP contribution in [0.2, 0.25) is 0 Å². The van der Waals surface area contributed by atoms with Crippen LogP contribution in [0.25, 0.3) is 0 Å². The minimum Gasteiger partial charge on any atom is -0.302 e. The molecule has 0 saturated heterocycles. The summed E-state index contributed by atoms with van der Waals surface area (Å²) in [6.07, 6.45) is 0. The topological polar surface area (TPSA) is 37.4 Å². The number of Topliss-reactive ketones (excluding diaryl/α,β-unsaturated/α-hetero) is 1. The lowest BCUT2D eigenvalue weighted by Crippen LogP contribution is -2.37. The van der Waals surface area contributed by atoms with Crippen molar-refractivity contribution in [3.8, 4) is 0 Å². The first-order valence-electron chi connectivity index (χ1n) is 6.28. The molecule has 6 heteroatoms. The Hall–Kier alpha value is -1.30. The van der Waals surface area contributed by atoms with E-state index in [4.69, 9.17) is 0 Å². The Labute approximate surface area is 124 Å². The van der Waals surface area contributed by atoms with Crippen molar-refractivity contribution in [1.29, 1.82) is 0 Å². The molecule has 1 aromatic rings. The van der Waals surface area contributed by atoms with E-state index in [1.165, 1.54) is 0 Å². The molecule has 0 saturated carbocycles. The van der Waals surface area contributed by atoms with Gasteiger partial charge in [-0.1, -0.05) is 29.8 Å². The van der Waals surface area contributed by atoms with Crippen molar-refractivity contribution < 1.29 is 18.4 Å². The summed E-state index contributed by atoms with van der Waals surface area (Å²) in [7, 11) is 0. The first-order chi connectivity index (χ1) is 9.36. The van der Waals surface area contributed by atoms with Crippen molar-refractivity contribution in [2.45, 2.75) is 13.8 Å². The Balaban J connectivity index is 2.43. The van der Waals surface area contributed by atoms with Crippen LogP contribution in [-0.4, -0.2) is 23.6 Å². The number of rotatable bonds is 4. The van der Waals surface area contributed by atoms with Gasteiger partial charge in [0, 0.05) is 17.9 Å². The van der Waals surface area contributed by atoms with Gasteiger partial charge in [-0.15, -0.1) is 0 Å². The number of halogens is 3. The van der Waals surface area contributed by atoms with E-state index in [-0.39, 0.29) is 29.6 Å². The van der Waals surface area contributed by atoms with Crippen molar-refractivity contribution in [2.75, 3.05) is 16.8 Å². The van der Waals surface area contributed by atoms with E-state index in [0.29, 0.717) is 11.4 Å². The Morgan fingerprint density at radius 3 is 2.45 bits per heavy atom. The molecule has 1 unspecified atom stereocenters. The second kappa shape index (κ2) is 5.60. The minimum absolute atomic E-state index is 0.0714. The van der Waals surface area contributed by atoms with Gasteiger partial charge in [-0.25, -0.2) is 8.78 Å². The molecule has 108 valence electrons. The lowest BCUT2D eigenvalue weighted by atomic mass is 9.97. The second-order valence-corrected chi connectivity index (χ2v) is 5.83. The number of amides is 1. The number of fused-ring (bicyclic) bond motifs is 1. The third-order valence-corrected chi connectivity index (χ3v) is 4.37. The van der Waals surface area contributed by atoms with Gasteiger partial charge in [-0.05, 0) is 17.9 Å². The summed E-state index contributed by atoms with van der Waals surface area (Å²) in [5, 5.41) is 0.626. The number of benzene rings is 1. The highest BCUT2D eigenvalue weighted by atomic mass is 79.9. The summed E-state index contributed by atoms with van der Waals surface area (Å²) < 4.78 is 27.1. The van der Waals surface area contributed by atoms with E-state index < -0.39 is 23.3 Å². The van der Waals surface area contributed by atoms with E-state index in [9.17, 15) is 18.4 Å². The summed E-state index contributed by atoms with van der Waals surface area (Å²) in [6, 6.07) is 1.60. The summed E-state index contributed by atoms with van der Waals surface area (Å²) in [4.78, 5) is 24.9. The zero-order valence-corrected chi connectivity index (χ0v) is 12.7. The highest BCUT2D eigenvalue weighted by Gasteiger charge is 2.39. The van der Waals surface area contributed by atoms with E-state index >= 15 is 0 Å². The Morgan fingerprint density at radius 2 is 1.90 bits per heavy atom. The number of ketones is 1. The van der Waals surface area contributed by atoms with Gasteiger partial charge in [-0.3, -0.25) is 9.59 Å². The summed E-state index contributed by atoms with van der Waals surface area (Å²) in [5.74, 6) is -3.06. The first-order valence-corrected chi connectivity index (χ1v) is 7.40. The average Bonchev–Trinajstić information content (AvgIpc) is 2.60. The summed E-state index contributed by atoms with van der Waals surface area (Å²) >= 11 is 3.35. The SMILES string of the molecule is CC(C)C(CBr)CN1C(=O)C(=O)c2cc(F)cc(F)c21. The molecule has 0 bridgehead atoms. The van der Waals surface area contributed by atoms with Crippen LogP contribution in [0.15, 0.2) is 12.1 Å². The summed E-state index contributed by atoms with van der Waals surface area (Å²) in [6.45, 7) is 4.19. The fraction of sp³-hybridized carbons (Fsp3) is 0.429. The van der Waals surface area contributed by atoms with Gasteiger partial charge in [0.25, 0.3) is 11.7 Å². The molecule has 0 radical (unpaired) electrons. The number of carbonyl (C=O) groups is 2. The second-order valence-electron chi connectivity index (χ2n) is 5.19. The largest absolute Gasteiger partial charge is 0.302 e. The molecule has 0 N–H and O–H groups in total. The smallest absolute Gasteiger partial charge is 0.299 e. The van der Waals surface area contributed by atoms with Crippen LogP contribution < -0.4 is 4.90 Å². The number of alkyl halides is 1. The van der Waals surface area contributed by atoms with Crippen LogP contribution in [0.1, 0.15) is 24.2 Å². The fourth-order valence-electron chi connectivity index (χ4n) is 2.20. The molecule has 1 heterocycles. The maximum absolute atomic E-state index is 13.9. The first kappa shape index (κ1) is 15.1. The van der Waals surface area contributed by atoms with Gasteiger partial charge < -0.3 is 4.90 Å². The highest BCUT2D eigenvalue weighted by Crippen LogP contribution is 2.34. The minimum atomic E-state index is -0.878. The van der Waals surface area contributed by atoms with Crippen LogP contribution in [-0.2, 0) is 4.79 Å². The van der Waals surface area contributed by atoms with Crippen LogP contribution >= 0.6 is 15.9 Å². The van der Waals surface area contributed by atoms with Gasteiger partial charge in [0.05, 0.1) is 11.3 Å². The highest BCUT2D eigenvalue weighted by molar-refractivity contribution is 9.09. The number of nitrogens with zero attached hydrogens (tertiary/aromatic N) is 1. The van der Waals surface area contributed by atoms with E-state index in [2.05, 4.69) is 15.9 Å². The molecule has 20 heavy (non-hydrogen) atoms. The molecule has 1 aliphatic heterocycles. The number of hydrogen-bond donors (Lipinski definition) is 0. The fourth-order valence-corrected chi connectivity index (χ4v) is 3.15. The van der Waals surface area contributed by atoms with Crippen molar-refractivity contribution >= 4 is 33.3 Å². The van der Waals surface area contributed by atoms with Gasteiger partial charge in [-0.2, -0.15) is 0 Å². The molecule has 1 aromatic carbocycles. The van der Waals surface area contributed by atoms with Gasteiger partial charge in [0.1, 0.15) is 5.82 Å². The van der Waals surface area contributed by atoms with Crippen LogP contribution in [0.4, 0.5) is 14.5 Å². The Morgan fingerprint density at radius 1 is 1.25 bits per heavy atom. The molecule has 0 fully saturated rings. The molecule has 1 atom stereocenters. The lowest BCUT2D eigenvalue weighted by Gasteiger charge is -2.25. The average molecular weight is 346 g/mol. The van der Waals surface area contributed by atoms with Crippen LogP contribution in [0.5, 0.6) is 0 Å². The monoisotopic (exact) mass is 345 g/mol. The maximum atomic E-state index is 13.9. The number of anilines is 1. The molecule has 1 amide bonds. The van der Waals surface area contributed by atoms with Gasteiger partial charge in [0.2, 0.25) is 0 Å². The predicted octanol–water partition coefficient (Wildman–Crippen LogP) is 3.16. The normalized spacial score (nSPS) is 16.0. The summed E-state index contributed by atoms with van der Waals surface area (Å²) in [5.41, 5.74) is -0.294. The van der Waals surface area contributed by atoms with Crippen molar-refractivity contribution in [3.63, 3.8) is 0 Å². The number of hydrogen-bond acceptors (Lipinski definition) is 2. The van der Waals surface area contributed by atoms with E-state index in [0.717, 1.165) is 11.0 Å². The van der Waals surface area contributed by atoms with Gasteiger partial charge in [0.15, 0.2) is 5.82 Å². The van der Waals surface area contributed by atoms with E-state index in [1.54, 1.807) is 0 Å². The molecule has 3 nitrogen and oxygen atoms in total. The van der Waals surface area contributed by atoms with Crippen LogP contribution in [0.3, 0.4) is 0 Å². The number of carbonyl (C=O) groups excluding carboxylic acids is 2. The van der Waals surface area contributed by atoms with Gasteiger partial charge >= 0.3 is 0 Å². The molecule has 0 spiro atoms. The predicted molar refractivity (Wildman–Crippen MR) is 75.2 cm³/mol. The molecule has 0 aromatic heterocycles. The molecular weight excluding hydrogens is 332 g/mol.